The van der Waals surface area contributed by atoms with Gasteiger partial charge in [-0.3, -0.25) is 0 Å². The number of halogens is 1. The van der Waals surface area contributed by atoms with E-state index in [4.69, 9.17) is 4.74 Å². The van der Waals surface area contributed by atoms with Crippen LogP contribution in [0.25, 0.3) is 0 Å². The van der Waals surface area contributed by atoms with Crippen LogP contribution in [-0.4, -0.2) is 4.98 Å². The molecule has 0 bridgehead atoms. The average Bonchev–Trinajstić information content (AvgIpc) is 2.50. The van der Waals surface area contributed by atoms with Gasteiger partial charge >= 0.3 is 0 Å². The summed E-state index contributed by atoms with van der Waals surface area (Å²) in [5, 5.41) is 3.13. The van der Waals surface area contributed by atoms with Crippen LogP contribution in [0.3, 0.4) is 0 Å². The molecule has 1 aromatic heterocycles. The third kappa shape index (κ3) is 3.36. The van der Waals surface area contributed by atoms with Crippen molar-refractivity contribution in [1.82, 2.24) is 4.98 Å². The number of benzene rings is 2. The molecule has 0 aliphatic heterocycles. The van der Waals surface area contributed by atoms with E-state index < -0.39 is 5.95 Å². The molecule has 0 atom stereocenters. The predicted octanol–water partition coefficient (Wildman–Crippen LogP) is 4.76. The summed E-state index contributed by atoms with van der Waals surface area (Å²) in [5.74, 6) is 0.884. The highest BCUT2D eigenvalue weighted by Gasteiger charge is 2.05. The summed E-state index contributed by atoms with van der Waals surface area (Å²) in [6.45, 7) is 0. The van der Waals surface area contributed by atoms with Gasteiger partial charge in [0.2, 0.25) is 5.95 Å². The van der Waals surface area contributed by atoms with E-state index in [0.717, 1.165) is 11.4 Å². The van der Waals surface area contributed by atoms with E-state index in [0.29, 0.717) is 11.4 Å². The van der Waals surface area contributed by atoms with Gasteiger partial charge in [-0.25, -0.2) is 4.98 Å². The summed E-state index contributed by atoms with van der Waals surface area (Å²) in [6, 6.07) is 20.0. The first-order chi connectivity index (χ1) is 10.3. The maximum Gasteiger partial charge on any atom is 0.214 e. The van der Waals surface area contributed by atoms with E-state index in [1.807, 2.05) is 54.6 Å². The highest BCUT2D eigenvalue weighted by Crippen LogP contribution is 2.31. The molecule has 0 aliphatic rings. The quantitative estimate of drug-likeness (QED) is 0.700. The van der Waals surface area contributed by atoms with E-state index in [1.165, 1.54) is 12.3 Å². The number of hydrogen-bond donors (Lipinski definition) is 1. The zero-order chi connectivity index (χ0) is 14.5. The molecule has 0 fully saturated rings. The van der Waals surface area contributed by atoms with Crippen LogP contribution >= 0.6 is 0 Å². The zero-order valence-corrected chi connectivity index (χ0v) is 11.2. The van der Waals surface area contributed by atoms with Crippen molar-refractivity contribution in [3.8, 4) is 11.5 Å². The number of rotatable bonds is 4. The zero-order valence-electron chi connectivity index (χ0n) is 11.2. The first kappa shape index (κ1) is 13.1. The van der Waals surface area contributed by atoms with Gasteiger partial charge in [0.1, 0.15) is 5.75 Å². The Bertz CT molecular complexity index is 732. The number of nitrogens with one attached hydrogen (secondary N) is 1. The fourth-order valence-corrected chi connectivity index (χ4v) is 1.91. The molecule has 104 valence electrons. The van der Waals surface area contributed by atoms with Crippen LogP contribution < -0.4 is 10.1 Å². The Morgan fingerprint density at radius 3 is 2.48 bits per heavy atom. The Labute approximate surface area is 122 Å². The van der Waals surface area contributed by atoms with Crippen LogP contribution in [0.15, 0.2) is 72.9 Å². The summed E-state index contributed by atoms with van der Waals surface area (Å²) in [7, 11) is 0. The smallest absolute Gasteiger partial charge is 0.214 e. The minimum Gasteiger partial charge on any atom is -0.455 e. The van der Waals surface area contributed by atoms with Gasteiger partial charge in [-0.05, 0) is 30.3 Å². The Morgan fingerprint density at radius 1 is 0.905 bits per heavy atom. The largest absolute Gasteiger partial charge is 0.455 e. The standard InChI is InChI=1S/C17H13FN2O/c18-17-12-13(10-11-19-17)20-15-8-4-5-9-16(15)21-14-6-2-1-3-7-14/h1-12H,(H,19,20). The van der Waals surface area contributed by atoms with E-state index in [-0.39, 0.29) is 0 Å². The van der Waals surface area contributed by atoms with Crippen molar-refractivity contribution in [3.05, 3.63) is 78.9 Å². The fourth-order valence-electron chi connectivity index (χ4n) is 1.91. The van der Waals surface area contributed by atoms with Crippen molar-refractivity contribution < 1.29 is 9.13 Å². The molecule has 3 nitrogen and oxygen atoms in total. The van der Waals surface area contributed by atoms with Crippen molar-refractivity contribution in [2.75, 3.05) is 5.32 Å². The number of hydrogen-bond acceptors (Lipinski definition) is 3. The van der Waals surface area contributed by atoms with Crippen molar-refractivity contribution in [1.29, 1.82) is 0 Å². The Hall–Kier alpha value is -2.88. The Morgan fingerprint density at radius 2 is 1.67 bits per heavy atom. The van der Waals surface area contributed by atoms with E-state index in [1.54, 1.807) is 6.07 Å². The lowest BCUT2D eigenvalue weighted by Gasteiger charge is -2.12. The second-order valence-corrected chi connectivity index (χ2v) is 4.40. The lowest BCUT2D eigenvalue weighted by molar-refractivity contribution is 0.485. The molecule has 3 rings (SSSR count). The summed E-state index contributed by atoms with van der Waals surface area (Å²) >= 11 is 0. The maximum absolute atomic E-state index is 13.1. The van der Waals surface area contributed by atoms with Gasteiger partial charge in [0.25, 0.3) is 0 Å². The lowest BCUT2D eigenvalue weighted by Crippen LogP contribution is -1.95. The maximum atomic E-state index is 13.1. The molecule has 4 heteroatoms. The summed E-state index contributed by atoms with van der Waals surface area (Å²) in [4.78, 5) is 3.53. The predicted molar refractivity (Wildman–Crippen MR) is 80.4 cm³/mol. The molecule has 0 unspecified atom stereocenters. The number of nitrogens with zero attached hydrogens (tertiary/aromatic N) is 1. The molecule has 0 spiro atoms. The van der Waals surface area contributed by atoms with Gasteiger partial charge in [-0.2, -0.15) is 4.39 Å². The monoisotopic (exact) mass is 280 g/mol. The van der Waals surface area contributed by atoms with Crippen LogP contribution in [0.4, 0.5) is 15.8 Å². The molecule has 0 radical (unpaired) electrons. The number of para-hydroxylation sites is 3. The molecule has 0 aliphatic carbocycles. The van der Waals surface area contributed by atoms with Gasteiger partial charge in [0, 0.05) is 18.0 Å². The molecule has 1 N–H and O–H groups in total. The highest BCUT2D eigenvalue weighted by atomic mass is 19.1. The lowest BCUT2D eigenvalue weighted by atomic mass is 10.2. The third-order valence-electron chi connectivity index (χ3n) is 2.86. The number of aromatic nitrogens is 1. The van der Waals surface area contributed by atoms with Crippen LogP contribution in [0.5, 0.6) is 11.5 Å². The topological polar surface area (TPSA) is 34.1 Å². The van der Waals surface area contributed by atoms with Crippen LogP contribution in [-0.2, 0) is 0 Å². The van der Waals surface area contributed by atoms with Crippen molar-refractivity contribution in [2.24, 2.45) is 0 Å². The molecular weight excluding hydrogens is 267 g/mol. The first-order valence-corrected chi connectivity index (χ1v) is 6.52. The summed E-state index contributed by atoms with van der Waals surface area (Å²) in [6.07, 6.45) is 1.42. The minimum absolute atomic E-state index is 0.526. The van der Waals surface area contributed by atoms with Gasteiger partial charge in [-0.1, -0.05) is 30.3 Å². The molecule has 2 aromatic carbocycles. The van der Waals surface area contributed by atoms with E-state index in [2.05, 4.69) is 10.3 Å². The average molecular weight is 280 g/mol. The molecule has 3 aromatic rings. The molecular formula is C17H13FN2O. The van der Waals surface area contributed by atoms with Crippen LogP contribution in [0.1, 0.15) is 0 Å². The van der Waals surface area contributed by atoms with Crippen molar-refractivity contribution in [3.63, 3.8) is 0 Å². The van der Waals surface area contributed by atoms with Gasteiger partial charge in [0.05, 0.1) is 5.69 Å². The highest BCUT2D eigenvalue weighted by molar-refractivity contribution is 5.66. The number of anilines is 2. The minimum atomic E-state index is -0.526. The second-order valence-electron chi connectivity index (χ2n) is 4.40. The summed E-state index contributed by atoms with van der Waals surface area (Å²) < 4.78 is 19.0. The Kier molecular flexibility index (Phi) is 3.78. The Balaban J connectivity index is 1.86. The first-order valence-electron chi connectivity index (χ1n) is 6.52. The van der Waals surface area contributed by atoms with E-state index >= 15 is 0 Å². The molecule has 0 amide bonds. The third-order valence-corrected chi connectivity index (χ3v) is 2.86. The number of ether oxygens (including phenoxy) is 1. The molecule has 0 saturated carbocycles. The number of pyridine rings is 1. The normalized spacial score (nSPS) is 10.1. The summed E-state index contributed by atoms with van der Waals surface area (Å²) in [5.41, 5.74) is 1.37. The SMILES string of the molecule is Fc1cc(Nc2ccccc2Oc2ccccc2)ccn1. The second kappa shape index (κ2) is 6.05. The molecule has 21 heavy (non-hydrogen) atoms. The molecule has 1 heterocycles. The van der Waals surface area contributed by atoms with Gasteiger partial charge in [0.15, 0.2) is 5.75 Å². The molecule has 0 saturated heterocycles. The fraction of sp³-hybridized carbons (Fsp3) is 0. The van der Waals surface area contributed by atoms with Gasteiger partial charge in [-0.15, -0.1) is 0 Å². The van der Waals surface area contributed by atoms with Crippen LogP contribution in [0, 0.1) is 5.95 Å². The van der Waals surface area contributed by atoms with Crippen molar-refractivity contribution in [2.45, 2.75) is 0 Å². The van der Waals surface area contributed by atoms with Crippen molar-refractivity contribution >= 4 is 11.4 Å². The van der Waals surface area contributed by atoms with Crippen LogP contribution in [0.2, 0.25) is 0 Å². The van der Waals surface area contributed by atoms with E-state index in [9.17, 15) is 4.39 Å². The van der Waals surface area contributed by atoms with Gasteiger partial charge < -0.3 is 10.1 Å².